The van der Waals surface area contributed by atoms with Gasteiger partial charge in [-0.15, -0.1) is 0 Å². The normalized spacial score (nSPS) is 12.6. The number of nitrogens with two attached hydrogens (primary N) is 1. The molecule has 5 nitrogen and oxygen atoms in total. The molecule has 3 N–H and O–H groups in total. The second-order valence-corrected chi connectivity index (χ2v) is 4.63. The first-order valence-electron chi connectivity index (χ1n) is 6.63. The van der Waals surface area contributed by atoms with Gasteiger partial charge in [-0.25, -0.2) is 5.43 Å². The number of pyridine rings is 1. The first-order valence-corrected chi connectivity index (χ1v) is 6.63. The smallest absolute Gasteiger partial charge is 0.0893 e. The SMILES string of the molecule is CCc1cc(C(NN)c2cncc(C)c2)n(CC)n1. The second kappa shape index (κ2) is 5.95. The molecule has 2 aromatic heterocycles. The summed E-state index contributed by atoms with van der Waals surface area (Å²) in [6.07, 6.45) is 4.60. The summed E-state index contributed by atoms with van der Waals surface area (Å²) in [6.45, 7) is 7.04. The first-order chi connectivity index (χ1) is 9.19. The predicted molar refractivity (Wildman–Crippen MR) is 75.4 cm³/mol. The molecule has 1 atom stereocenters. The molecule has 0 fully saturated rings. The molecule has 2 rings (SSSR count). The lowest BCUT2D eigenvalue weighted by Crippen LogP contribution is -2.30. The third kappa shape index (κ3) is 2.83. The Hall–Kier alpha value is -1.72. The molecule has 0 amide bonds. The van der Waals surface area contributed by atoms with Crippen molar-refractivity contribution >= 4 is 0 Å². The van der Waals surface area contributed by atoms with Crippen molar-refractivity contribution in [3.05, 3.63) is 47.0 Å². The molecule has 0 spiro atoms. The molecule has 0 aliphatic carbocycles. The first kappa shape index (κ1) is 13.7. The Kier molecular flexibility index (Phi) is 4.29. The number of aromatic nitrogens is 3. The van der Waals surface area contributed by atoms with Crippen LogP contribution in [0.25, 0.3) is 0 Å². The predicted octanol–water partition coefficient (Wildman–Crippen LogP) is 1.72. The molecular formula is C14H21N5. The van der Waals surface area contributed by atoms with Crippen LogP contribution in [0.3, 0.4) is 0 Å². The van der Waals surface area contributed by atoms with Crippen molar-refractivity contribution in [3.63, 3.8) is 0 Å². The van der Waals surface area contributed by atoms with Crippen LogP contribution in [0.1, 0.15) is 42.4 Å². The van der Waals surface area contributed by atoms with Gasteiger partial charge < -0.3 is 0 Å². The Bertz CT molecular complexity index is 547. The molecular weight excluding hydrogens is 238 g/mol. The molecule has 5 heteroatoms. The summed E-state index contributed by atoms with van der Waals surface area (Å²) in [5.74, 6) is 5.74. The van der Waals surface area contributed by atoms with Crippen LogP contribution in [0.15, 0.2) is 24.5 Å². The Labute approximate surface area is 113 Å². The summed E-state index contributed by atoms with van der Waals surface area (Å²) in [5, 5.41) is 4.56. The molecule has 0 bridgehead atoms. The Morgan fingerprint density at radius 2 is 2.11 bits per heavy atom. The van der Waals surface area contributed by atoms with Crippen molar-refractivity contribution in [1.29, 1.82) is 0 Å². The molecule has 0 saturated heterocycles. The largest absolute Gasteiger partial charge is 0.271 e. The Morgan fingerprint density at radius 1 is 1.32 bits per heavy atom. The highest BCUT2D eigenvalue weighted by Crippen LogP contribution is 2.22. The van der Waals surface area contributed by atoms with Gasteiger partial charge >= 0.3 is 0 Å². The van der Waals surface area contributed by atoms with Crippen LogP contribution in [0.4, 0.5) is 0 Å². The van der Waals surface area contributed by atoms with E-state index in [4.69, 9.17) is 5.84 Å². The summed E-state index contributed by atoms with van der Waals surface area (Å²) in [4.78, 5) is 4.24. The standard InChI is InChI=1S/C14H21N5/c1-4-12-7-13(19(5-2)18-12)14(17-15)11-6-10(3)8-16-9-11/h6-9,14,17H,4-5,15H2,1-3H3. The van der Waals surface area contributed by atoms with E-state index in [0.717, 1.165) is 35.5 Å². The molecule has 102 valence electrons. The summed E-state index contributed by atoms with van der Waals surface area (Å²) in [5.41, 5.74) is 7.21. The highest BCUT2D eigenvalue weighted by Gasteiger charge is 2.18. The third-order valence-electron chi connectivity index (χ3n) is 3.22. The molecule has 2 heterocycles. The van der Waals surface area contributed by atoms with Crippen LogP contribution in [-0.4, -0.2) is 14.8 Å². The van der Waals surface area contributed by atoms with Crippen LogP contribution in [0.5, 0.6) is 0 Å². The topological polar surface area (TPSA) is 68.8 Å². The van der Waals surface area contributed by atoms with Crippen LogP contribution < -0.4 is 11.3 Å². The van der Waals surface area contributed by atoms with Crippen molar-refractivity contribution in [3.8, 4) is 0 Å². The molecule has 0 aliphatic rings. The molecule has 0 aromatic carbocycles. The fraction of sp³-hybridized carbons (Fsp3) is 0.429. The Morgan fingerprint density at radius 3 is 2.68 bits per heavy atom. The van der Waals surface area contributed by atoms with Gasteiger partial charge in [0.2, 0.25) is 0 Å². The number of hydrazine groups is 1. The van der Waals surface area contributed by atoms with Gasteiger partial charge in [-0.2, -0.15) is 5.10 Å². The van der Waals surface area contributed by atoms with Gasteiger partial charge in [-0.1, -0.05) is 13.0 Å². The fourth-order valence-electron chi connectivity index (χ4n) is 2.23. The average molecular weight is 259 g/mol. The maximum absolute atomic E-state index is 5.74. The number of hydrogen-bond acceptors (Lipinski definition) is 4. The van der Waals surface area contributed by atoms with Crippen molar-refractivity contribution < 1.29 is 0 Å². The maximum Gasteiger partial charge on any atom is 0.0893 e. The van der Waals surface area contributed by atoms with Crippen LogP contribution >= 0.6 is 0 Å². The van der Waals surface area contributed by atoms with Crippen molar-refractivity contribution in [2.24, 2.45) is 5.84 Å². The van der Waals surface area contributed by atoms with Crippen LogP contribution in [0, 0.1) is 6.92 Å². The average Bonchev–Trinajstić information content (AvgIpc) is 2.83. The molecule has 19 heavy (non-hydrogen) atoms. The van der Waals surface area contributed by atoms with Gasteiger partial charge in [-0.3, -0.25) is 15.5 Å². The zero-order chi connectivity index (χ0) is 13.8. The minimum Gasteiger partial charge on any atom is -0.271 e. The van der Waals surface area contributed by atoms with Gasteiger partial charge in [-0.05, 0) is 37.5 Å². The van der Waals surface area contributed by atoms with E-state index in [9.17, 15) is 0 Å². The van der Waals surface area contributed by atoms with E-state index in [1.165, 1.54) is 0 Å². The van der Waals surface area contributed by atoms with Gasteiger partial charge in [0.05, 0.1) is 17.4 Å². The highest BCUT2D eigenvalue weighted by molar-refractivity contribution is 5.29. The lowest BCUT2D eigenvalue weighted by molar-refractivity contribution is 0.540. The minimum atomic E-state index is -0.0832. The third-order valence-corrected chi connectivity index (χ3v) is 3.22. The zero-order valence-electron chi connectivity index (χ0n) is 11.7. The van der Waals surface area contributed by atoms with E-state index in [0.29, 0.717) is 0 Å². The Balaban J connectivity index is 2.44. The fourth-order valence-corrected chi connectivity index (χ4v) is 2.23. The van der Waals surface area contributed by atoms with Gasteiger partial charge in [0, 0.05) is 18.9 Å². The summed E-state index contributed by atoms with van der Waals surface area (Å²) in [7, 11) is 0. The van der Waals surface area contributed by atoms with E-state index >= 15 is 0 Å². The zero-order valence-corrected chi connectivity index (χ0v) is 11.7. The van der Waals surface area contributed by atoms with Crippen LogP contribution in [-0.2, 0) is 13.0 Å². The molecule has 1 unspecified atom stereocenters. The summed E-state index contributed by atoms with van der Waals surface area (Å²) >= 11 is 0. The lowest BCUT2D eigenvalue weighted by atomic mass is 10.0. The minimum absolute atomic E-state index is 0.0832. The van der Waals surface area contributed by atoms with E-state index in [-0.39, 0.29) is 6.04 Å². The number of nitrogens with one attached hydrogen (secondary N) is 1. The highest BCUT2D eigenvalue weighted by atomic mass is 15.3. The van der Waals surface area contributed by atoms with Crippen molar-refractivity contribution in [2.45, 2.75) is 39.8 Å². The lowest BCUT2D eigenvalue weighted by Gasteiger charge is -2.17. The molecule has 0 saturated carbocycles. The number of nitrogens with zero attached hydrogens (tertiary/aromatic N) is 3. The summed E-state index contributed by atoms with van der Waals surface area (Å²) < 4.78 is 1.99. The van der Waals surface area contributed by atoms with Crippen molar-refractivity contribution in [1.82, 2.24) is 20.2 Å². The molecule has 0 aliphatic heterocycles. The quantitative estimate of drug-likeness (QED) is 0.633. The number of hydrogen-bond donors (Lipinski definition) is 2. The van der Waals surface area contributed by atoms with Gasteiger partial charge in [0.15, 0.2) is 0 Å². The summed E-state index contributed by atoms with van der Waals surface area (Å²) in [6, 6.07) is 4.12. The van der Waals surface area contributed by atoms with Gasteiger partial charge in [0.1, 0.15) is 0 Å². The number of aryl methyl sites for hydroxylation is 3. The van der Waals surface area contributed by atoms with E-state index in [1.54, 1.807) is 0 Å². The van der Waals surface area contributed by atoms with E-state index in [2.05, 4.69) is 41.5 Å². The van der Waals surface area contributed by atoms with E-state index in [1.807, 2.05) is 24.0 Å². The van der Waals surface area contributed by atoms with Gasteiger partial charge in [0.25, 0.3) is 0 Å². The monoisotopic (exact) mass is 259 g/mol. The second-order valence-electron chi connectivity index (χ2n) is 4.63. The molecule has 2 aromatic rings. The maximum atomic E-state index is 5.74. The van der Waals surface area contributed by atoms with Crippen molar-refractivity contribution in [2.75, 3.05) is 0 Å². The molecule has 0 radical (unpaired) electrons. The number of rotatable bonds is 5. The van der Waals surface area contributed by atoms with E-state index < -0.39 is 0 Å². The van der Waals surface area contributed by atoms with Crippen LogP contribution in [0.2, 0.25) is 0 Å².